The van der Waals surface area contributed by atoms with Crippen LogP contribution in [-0.2, 0) is 4.79 Å². The van der Waals surface area contributed by atoms with Gasteiger partial charge in [-0.2, -0.15) is 0 Å². The van der Waals surface area contributed by atoms with Crippen LogP contribution in [0.4, 0.5) is 16.2 Å². The van der Waals surface area contributed by atoms with Gasteiger partial charge in [-0.25, -0.2) is 4.79 Å². The Morgan fingerprint density at radius 3 is 2.63 bits per heavy atom. The number of carbonyl (C=O) groups excluding carboxylic acids is 1. The largest absolute Gasteiger partial charge is 0.481 e. The number of hydrogen-bond acceptors (Lipinski definition) is 3. The monoisotopic (exact) mass is 265 g/mol. The Kier molecular flexibility index (Phi) is 5.17. The van der Waals surface area contributed by atoms with E-state index < -0.39 is 17.9 Å². The number of benzene rings is 1. The molecule has 6 nitrogen and oxygen atoms in total. The van der Waals surface area contributed by atoms with E-state index in [0.29, 0.717) is 5.69 Å². The van der Waals surface area contributed by atoms with Gasteiger partial charge in [-0.15, -0.1) is 0 Å². The highest BCUT2D eigenvalue weighted by atomic mass is 16.4. The van der Waals surface area contributed by atoms with Gasteiger partial charge in [-0.3, -0.25) is 4.79 Å². The van der Waals surface area contributed by atoms with Gasteiger partial charge in [0.25, 0.3) is 0 Å². The first-order valence-corrected chi connectivity index (χ1v) is 5.95. The van der Waals surface area contributed by atoms with Crippen LogP contribution in [0, 0.1) is 5.92 Å². The number of carboxylic acids is 1. The van der Waals surface area contributed by atoms with E-state index in [4.69, 9.17) is 5.11 Å². The molecule has 104 valence electrons. The van der Waals surface area contributed by atoms with Gasteiger partial charge in [0, 0.05) is 32.0 Å². The van der Waals surface area contributed by atoms with Gasteiger partial charge in [0.1, 0.15) is 0 Å². The van der Waals surface area contributed by atoms with E-state index in [9.17, 15) is 9.59 Å². The number of nitrogens with one attached hydrogen (secondary N) is 2. The summed E-state index contributed by atoms with van der Waals surface area (Å²) in [7, 11) is 3.82. The van der Waals surface area contributed by atoms with Crippen molar-refractivity contribution in [2.24, 2.45) is 5.92 Å². The number of rotatable bonds is 5. The third-order valence-corrected chi connectivity index (χ3v) is 2.61. The third kappa shape index (κ3) is 4.87. The second kappa shape index (κ2) is 6.63. The first-order chi connectivity index (χ1) is 8.90. The summed E-state index contributed by atoms with van der Waals surface area (Å²) in [5, 5.41) is 13.9. The van der Waals surface area contributed by atoms with E-state index >= 15 is 0 Å². The number of hydrogen-bond donors (Lipinski definition) is 3. The molecule has 0 saturated carbocycles. The molecule has 1 unspecified atom stereocenters. The van der Waals surface area contributed by atoms with Gasteiger partial charge in [-0.05, 0) is 18.2 Å². The summed E-state index contributed by atoms with van der Waals surface area (Å²) in [5.41, 5.74) is 1.63. The van der Waals surface area contributed by atoms with Crippen molar-refractivity contribution in [2.75, 3.05) is 30.9 Å². The van der Waals surface area contributed by atoms with E-state index in [2.05, 4.69) is 10.6 Å². The number of nitrogens with zero attached hydrogens (tertiary/aromatic N) is 1. The molecule has 0 aromatic heterocycles. The molecule has 0 heterocycles. The van der Waals surface area contributed by atoms with E-state index in [1.54, 1.807) is 6.07 Å². The zero-order valence-corrected chi connectivity index (χ0v) is 11.3. The van der Waals surface area contributed by atoms with Crippen LogP contribution in [0.2, 0.25) is 0 Å². The Morgan fingerprint density at radius 2 is 2.05 bits per heavy atom. The smallest absolute Gasteiger partial charge is 0.319 e. The van der Waals surface area contributed by atoms with Crippen molar-refractivity contribution in [3.05, 3.63) is 24.3 Å². The third-order valence-electron chi connectivity index (χ3n) is 2.61. The lowest BCUT2D eigenvalue weighted by molar-refractivity contribution is -0.140. The topological polar surface area (TPSA) is 81.7 Å². The highest BCUT2D eigenvalue weighted by Crippen LogP contribution is 2.16. The predicted octanol–water partition coefficient (Wildman–Crippen LogP) is 1.59. The van der Waals surface area contributed by atoms with Crippen molar-refractivity contribution in [3.8, 4) is 0 Å². The molecule has 0 aliphatic heterocycles. The Morgan fingerprint density at radius 1 is 1.37 bits per heavy atom. The van der Waals surface area contributed by atoms with Crippen molar-refractivity contribution in [1.29, 1.82) is 0 Å². The molecule has 1 rings (SSSR count). The Bertz CT molecular complexity index is 460. The molecule has 1 aromatic carbocycles. The maximum atomic E-state index is 11.6. The van der Waals surface area contributed by atoms with Gasteiger partial charge in [0.05, 0.1) is 5.92 Å². The highest BCUT2D eigenvalue weighted by molar-refractivity contribution is 5.90. The van der Waals surface area contributed by atoms with Crippen LogP contribution in [0.1, 0.15) is 6.92 Å². The molecule has 0 spiro atoms. The molecule has 1 atom stereocenters. The van der Waals surface area contributed by atoms with Crippen LogP contribution in [0.3, 0.4) is 0 Å². The normalized spacial score (nSPS) is 11.5. The van der Waals surface area contributed by atoms with Crippen molar-refractivity contribution >= 4 is 23.4 Å². The number of carbonyl (C=O) groups is 2. The number of carboxylic acid groups (broad SMARTS) is 1. The summed E-state index contributed by atoms with van der Waals surface area (Å²) >= 11 is 0. The van der Waals surface area contributed by atoms with Crippen molar-refractivity contribution in [2.45, 2.75) is 6.92 Å². The Labute approximate surface area is 112 Å². The average Bonchev–Trinajstić information content (AvgIpc) is 2.36. The second-order valence-electron chi connectivity index (χ2n) is 4.52. The first-order valence-electron chi connectivity index (χ1n) is 5.95. The van der Waals surface area contributed by atoms with Crippen molar-refractivity contribution in [3.63, 3.8) is 0 Å². The number of aliphatic carboxylic acids is 1. The quantitative estimate of drug-likeness (QED) is 0.755. The number of anilines is 2. The fraction of sp³-hybridized carbons (Fsp3) is 0.385. The van der Waals surface area contributed by atoms with Gasteiger partial charge in [0.2, 0.25) is 0 Å². The van der Waals surface area contributed by atoms with Gasteiger partial charge >= 0.3 is 12.0 Å². The van der Waals surface area contributed by atoms with Gasteiger partial charge < -0.3 is 20.6 Å². The molecular formula is C13H19N3O3. The summed E-state index contributed by atoms with van der Waals surface area (Å²) in [6, 6.07) is 6.96. The molecule has 3 N–H and O–H groups in total. The van der Waals surface area contributed by atoms with Crippen molar-refractivity contribution in [1.82, 2.24) is 5.32 Å². The van der Waals surface area contributed by atoms with Crippen LogP contribution in [0.25, 0.3) is 0 Å². The predicted molar refractivity (Wildman–Crippen MR) is 74.6 cm³/mol. The lowest BCUT2D eigenvalue weighted by Crippen LogP contribution is -2.34. The molecule has 6 heteroatoms. The average molecular weight is 265 g/mol. The van der Waals surface area contributed by atoms with Gasteiger partial charge in [-0.1, -0.05) is 13.0 Å². The van der Waals surface area contributed by atoms with Crippen LogP contribution in [-0.4, -0.2) is 37.7 Å². The minimum Gasteiger partial charge on any atom is -0.481 e. The zero-order valence-electron chi connectivity index (χ0n) is 11.3. The highest BCUT2D eigenvalue weighted by Gasteiger charge is 2.12. The minimum atomic E-state index is -0.935. The van der Waals surface area contributed by atoms with Crippen molar-refractivity contribution < 1.29 is 14.7 Å². The summed E-state index contributed by atoms with van der Waals surface area (Å²) in [6.45, 7) is 1.63. The SMILES string of the molecule is CC(CNC(=O)Nc1cccc(N(C)C)c1)C(=O)O. The summed E-state index contributed by atoms with van der Waals surface area (Å²) < 4.78 is 0. The summed E-state index contributed by atoms with van der Waals surface area (Å²) in [6.07, 6.45) is 0. The maximum Gasteiger partial charge on any atom is 0.319 e. The zero-order chi connectivity index (χ0) is 14.4. The lowest BCUT2D eigenvalue weighted by atomic mass is 10.2. The van der Waals surface area contributed by atoms with Crippen LogP contribution in [0.5, 0.6) is 0 Å². The molecule has 2 amide bonds. The standard InChI is InChI=1S/C13H19N3O3/c1-9(12(17)18)8-14-13(19)15-10-5-4-6-11(7-10)16(2)3/h4-7,9H,8H2,1-3H3,(H,17,18)(H2,14,15,19). The molecule has 19 heavy (non-hydrogen) atoms. The molecule has 1 aromatic rings. The van der Waals surface area contributed by atoms with E-state index in [1.807, 2.05) is 37.2 Å². The van der Waals surface area contributed by atoms with E-state index in [1.165, 1.54) is 6.92 Å². The second-order valence-corrected chi connectivity index (χ2v) is 4.52. The van der Waals surface area contributed by atoms with Crippen LogP contribution >= 0.6 is 0 Å². The maximum absolute atomic E-state index is 11.6. The molecule has 0 fully saturated rings. The summed E-state index contributed by atoms with van der Waals surface area (Å²) in [4.78, 5) is 24.1. The van der Waals surface area contributed by atoms with E-state index in [0.717, 1.165) is 5.69 Å². The Hall–Kier alpha value is -2.24. The Balaban J connectivity index is 2.53. The van der Waals surface area contributed by atoms with E-state index in [-0.39, 0.29) is 6.54 Å². The molecule has 0 bridgehead atoms. The molecule has 0 aliphatic carbocycles. The lowest BCUT2D eigenvalue weighted by Gasteiger charge is -2.14. The fourth-order valence-electron chi connectivity index (χ4n) is 1.37. The van der Waals surface area contributed by atoms with Crippen LogP contribution < -0.4 is 15.5 Å². The van der Waals surface area contributed by atoms with Crippen LogP contribution in [0.15, 0.2) is 24.3 Å². The molecule has 0 aliphatic rings. The molecule has 0 saturated heterocycles. The van der Waals surface area contributed by atoms with Gasteiger partial charge in [0.15, 0.2) is 0 Å². The number of urea groups is 1. The first kappa shape index (κ1) is 14.8. The minimum absolute atomic E-state index is 0.0918. The molecule has 0 radical (unpaired) electrons. The number of amides is 2. The molecular weight excluding hydrogens is 246 g/mol. The fourth-order valence-corrected chi connectivity index (χ4v) is 1.37. The summed E-state index contributed by atoms with van der Waals surface area (Å²) in [5.74, 6) is -1.55.